The second kappa shape index (κ2) is 5.52. The van der Waals surface area contributed by atoms with Gasteiger partial charge in [-0.3, -0.25) is 15.1 Å². The van der Waals surface area contributed by atoms with Crippen molar-refractivity contribution in [3.63, 3.8) is 0 Å². The largest absolute Gasteiger partial charge is 0.343 e. The summed E-state index contributed by atoms with van der Waals surface area (Å²) in [6.07, 6.45) is 1.45. The second-order valence-corrected chi connectivity index (χ2v) is 4.74. The minimum atomic E-state index is -0.493. The molecule has 0 spiro atoms. The fourth-order valence-electron chi connectivity index (χ4n) is 1.83. The molecule has 0 aliphatic carbocycles. The highest BCUT2D eigenvalue weighted by Gasteiger charge is 2.33. The van der Waals surface area contributed by atoms with Crippen molar-refractivity contribution in [2.24, 2.45) is 5.92 Å². The van der Waals surface area contributed by atoms with Gasteiger partial charge in [0.2, 0.25) is 11.7 Å². The number of hydrogen-bond donors (Lipinski definition) is 1. The maximum absolute atomic E-state index is 11.8. The number of urea groups is 1. The summed E-state index contributed by atoms with van der Waals surface area (Å²) in [7, 11) is 0. The highest BCUT2D eigenvalue weighted by atomic mass is 16.2. The predicted octanol–water partition coefficient (Wildman–Crippen LogP) is 0.277. The van der Waals surface area contributed by atoms with Crippen LogP contribution < -0.4 is 10.3 Å². The Labute approximate surface area is 116 Å². The molecule has 1 fully saturated rings. The van der Waals surface area contributed by atoms with E-state index < -0.39 is 6.03 Å². The first-order valence-corrected chi connectivity index (χ1v) is 6.13. The summed E-state index contributed by atoms with van der Waals surface area (Å²) in [6, 6.07) is 2.95. The molecule has 2 heterocycles. The van der Waals surface area contributed by atoms with Crippen LogP contribution in [0.25, 0.3) is 0 Å². The van der Waals surface area contributed by atoms with Crippen LogP contribution in [-0.4, -0.2) is 40.0 Å². The third kappa shape index (κ3) is 2.83. The predicted molar refractivity (Wildman–Crippen MR) is 69.2 cm³/mol. The molecule has 1 aromatic rings. The van der Waals surface area contributed by atoms with E-state index in [1.54, 1.807) is 11.1 Å². The molecule has 104 valence electrons. The molecule has 8 nitrogen and oxygen atoms in total. The second-order valence-electron chi connectivity index (χ2n) is 4.74. The average Bonchev–Trinajstić information content (AvgIpc) is 2.74. The molecule has 0 bridgehead atoms. The van der Waals surface area contributed by atoms with E-state index in [4.69, 9.17) is 5.26 Å². The summed E-state index contributed by atoms with van der Waals surface area (Å²) >= 11 is 0. The number of nitrogens with one attached hydrogen (secondary N) is 1. The fourth-order valence-corrected chi connectivity index (χ4v) is 1.83. The molecule has 0 radical (unpaired) electrons. The minimum Gasteiger partial charge on any atom is -0.275 e. The van der Waals surface area contributed by atoms with Crippen molar-refractivity contribution in [1.82, 2.24) is 20.3 Å². The standard InChI is InChI=1S/C12H14N6O2/c1-8(2)6-17(18-7-11(19)16-12(18)20)10-3-4-14-9(5-13)15-10/h3-4,8H,6-7H2,1-2H3,(H,16,19,20). The van der Waals surface area contributed by atoms with Crippen molar-refractivity contribution in [3.05, 3.63) is 18.1 Å². The van der Waals surface area contributed by atoms with Gasteiger partial charge in [-0.05, 0) is 5.92 Å². The zero-order valence-corrected chi connectivity index (χ0v) is 11.2. The van der Waals surface area contributed by atoms with Gasteiger partial charge in [-0.1, -0.05) is 13.8 Å². The van der Waals surface area contributed by atoms with Gasteiger partial charge in [-0.2, -0.15) is 10.2 Å². The zero-order valence-electron chi connectivity index (χ0n) is 11.2. The van der Waals surface area contributed by atoms with E-state index in [1.807, 2.05) is 19.9 Å². The molecule has 0 atom stereocenters. The highest BCUT2D eigenvalue weighted by Crippen LogP contribution is 2.17. The van der Waals surface area contributed by atoms with E-state index >= 15 is 0 Å². The third-order valence-electron chi connectivity index (χ3n) is 2.61. The normalized spacial score (nSPS) is 14.4. The Kier molecular flexibility index (Phi) is 3.79. The zero-order chi connectivity index (χ0) is 14.7. The maximum Gasteiger partial charge on any atom is 0.343 e. The number of anilines is 1. The van der Waals surface area contributed by atoms with Crippen LogP contribution in [0.5, 0.6) is 0 Å². The van der Waals surface area contributed by atoms with Gasteiger partial charge in [0.25, 0.3) is 0 Å². The van der Waals surface area contributed by atoms with E-state index in [-0.39, 0.29) is 24.2 Å². The average molecular weight is 274 g/mol. The van der Waals surface area contributed by atoms with Gasteiger partial charge >= 0.3 is 6.03 Å². The summed E-state index contributed by atoms with van der Waals surface area (Å²) in [6.45, 7) is 4.39. The molecule has 1 N–H and O–H groups in total. The van der Waals surface area contributed by atoms with Crippen molar-refractivity contribution in [2.75, 3.05) is 18.1 Å². The molecule has 0 unspecified atom stereocenters. The van der Waals surface area contributed by atoms with E-state index in [1.165, 1.54) is 11.2 Å². The lowest BCUT2D eigenvalue weighted by atomic mass is 10.2. The first-order chi connectivity index (χ1) is 9.51. The van der Waals surface area contributed by atoms with Crippen LogP contribution in [0.4, 0.5) is 10.6 Å². The third-order valence-corrected chi connectivity index (χ3v) is 2.61. The Bertz CT molecular complexity index is 580. The number of imide groups is 1. The number of rotatable bonds is 4. The van der Waals surface area contributed by atoms with Gasteiger partial charge in [-0.15, -0.1) is 0 Å². The van der Waals surface area contributed by atoms with Crippen LogP contribution in [0.1, 0.15) is 19.7 Å². The Hall–Kier alpha value is -2.69. The van der Waals surface area contributed by atoms with Crippen LogP contribution in [0.2, 0.25) is 0 Å². The van der Waals surface area contributed by atoms with Gasteiger partial charge in [0.05, 0.1) is 0 Å². The molecule has 20 heavy (non-hydrogen) atoms. The smallest absolute Gasteiger partial charge is 0.275 e. The first kappa shape index (κ1) is 13.7. The SMILES string of the molecule is CC(C)CN(c1ccnc(C#N)n1)N1CC(=O)NC1=O. The fraction of sp³-hybridized carbons (Fsp3) is 0.417. The Morgan fingerprint density at radius 3 is 2.85 bits per heavy atom. The highest BCUT2D eigenvalue weighted by molar-refractivity contribution is 6.02. The number of hydrogen-bond acceptors (Lipinski definition) is 6. The van der Waals surface area contributed by atoms with E-state index in [2.05, 4.69) is 15.3 Å². The van der Waals surface area contributed by atoms with E-state index in [0.29, 0.717) is 12.4 Å². The molecular formula is C12H14N6O2. The molecule has 0 aromatic carbocycles. The van der Waals surface area contributed by atoms with Gasteiger partial charge in [0.15, 0.2) is 5.82 Å². The summed E-state index contributed by atoms with van der Waals surface area (Å²) < 4.78 is 0. The van der Waals surface area contributed by atoms with Crippen LogP contribution in [0.15, 0.2) is 12.3 Å². The molecule has 1 saturated heterocycles. The summed E-state index contributed by atoms with van der Waals surface area (Å²) in [5.74, 6) is 0.301. The summed E-state index contributed by atoms with van der Waals surface area (Å²) in [5, 5.41) is 13.9. The molecule has 0 saturated carbocycles. The topological polar surface area (TPSA) is 102 Å². The van der Waals surface area contributed by atoms with Crippen molar-refractivity contribution in [2.45, 2.75) is 13.8 Å². The quantitative estimate of drug-likeness (QED) is 0.791. The lowest BCUT2D eigenvalue weighted by Gasteiger charge is -2.32. The monoisotopic (exact) mass is 274 g/mol. The Morgan fingerprint density at radius 2 is 2.30 bits per heavy atom. The van der Waals surface area contributed by atoms with Gasteiger partial charge in [0.1, 0.15) is 12.6 Å². The number of amides is 3. The maximum atomic E-state index is 11.8. The van der Waals surface area contributed by atoms with E-state index in [9.17, 15) is 9.59 Å². The Morgan fingerprint density at radius 1 is 1.55 bits per heavy atom. The van der Waals surface area contributed by atoms with Gasteiger partial charge in [0, 0.05) is 18.8 Å². The van der Waals surface area contributed by atoms with Crippen LogP contribution in [-0.2, 0) is 4.79 Å². The van der Waals surface area contributed by atoms with Crippen LogP contribution >= 0.6 is 0 Å². The number of carbonyl (C=O) groups excluding carboxylic acids is 2. The van der Waals surface area contributed by atoms with Crippen LogP contribution in [0.3, 0.4) is 0 Å². The number of nitrogens with zero attached hydrogens (tertiary/aromatic N) is 5. The van der Waals surface area contributed by atoms with Crippen molar-refractivity contribution >= 4 is 17.8 Å². The number of hydrazine groups is 1. The first-order valence-electron chi connectivity index (χ1n) is 6.13. The summed E-state index contributed by atoms with van der Waals surface area (Å²) in [4.78, 5) is 31.0. The lowest BCUT2D eigenvalue weighted by molar-refractivity contribution is -0.118. The van der Waals surface area contributed by atoms with Crippen molar-refractivity contribution in [1.29, 1.82) is 5.26 Å². The van der Waals surface area contributed by atoms with Gasteiger partial charge < -0.3 is 0 Å². The molecule has 1 aromatic heterocycles. The Balaban J connectivity index is 2.34. The molecular weight excluding hydrogens is 260 g/mol. The summed E-state index contributed by atoms with van der Waals surface area (Å²) in [5.41, 5.74) is 0. The van der Waals surface area contributed by atoms with Crippen molar-refractivity contribution in [3.8, 4) is 6.07 Å². The number of aromatic nitrogens is 2. The van der Waals surface area contributed by atoms with Crippen molar-refractivity contribution < 1.29 is 9.59 Å². The molecule has 8 heteroatoms. The number of carbonyl (C=O) groups is 2. The number of nitriles is 1. The molecule has 1 aliphatic rings. The van der Waals surface area contributed by atoms with Gasteiger partial charge in [-0.25, -0.2) is 14.8 Å². The van der Waals surface area contributed by atoms with E-state index in [0.717, 1.165) is 0 Å². The molecule has 2 rings (SSSR count). The minimum absolute atomic E-state index is 0.0159. The lowest BCUT2D eigenvalue weighted by Crippen LogP contribution is -2.47. The molecule has 1 aliphatic heterocycles. The molecule has 3 amide bonds. The van der Waals surface area contributed by atoms with Crippen LogP contribution in [0, 0.1) is 17.2 Å².